The van der Waals surface area contributed by atoms with Gasteiger partial charge in [0, 0.05) is 21.3 Å². The van der Waals surface area contributed by atoms with Crippen molar-refractivity contribution in [1.82, 2.24) is 0 Å². The SMILES string of the molecule is COP(=O)(O)O.COP(=O)(O)O.COP(=O)(O)O.P.P. The standard InChI is InChI=1S/3CH5O4P.2H3P/c3*1-5-6(2,3)4;;/h3*1H3,(H2,2,3,4);2*1H3. The van der Waals surface area contributed by atoms with Gasteiger partial charge in [-0.05, 0) is 0 Å². The molecule has 0 bridgehead atoms. The molecule has 2 unspecified atom stereocenters. The first kappa shape index (κ1) is 33.0. The van der Waals surface area contributed by atoms with Gasteiger partial charge in [0.15, 0.2) is 0 Å². The molecule has 2 atom stereocenters. The summed E-state index contributed by atoms with van der Waals surface area (Å²) in [6.45, 7) is 0. The summed E-state index contributed by atoms with van der Waals surface area (Å²) in [6.07, 6.45) is 0. The Morgan fingerprint density at radius 3 is 0.600 bits per heavy atom. The molecule has 0 saturated heterocycles. The van der Waals surface area contributed by atoms with Gasteiger partial charge in [-0.25, -0.2) is 13.7 Å². The van der Waals surface area contributed by atoms with E-state index in [4.69, 9.17) is 29.4 Å². The number of phosphoric acid groups is 3. The average Bonchev–Trinajstić information content (AvgIpc) is 2.16. The molecule has 0 spiro atoms. The van der Waals surface area contributed by atoms with Crippen molar-refractivity contribution in [3.63, 3.8) is 0 Å². The zero-order chi connectivity index (χ0) is 15.6. The molecular formula is C3H21O12P5. The Morgan fingerprint density at radius 1 is 0.550 bits per heavy atom. The molecule has 0 fully saturated rings. The smallest absolute Gasteiger partial charge is 0.303 e. The van der Waals surface area contributed by atoms with Gasteiger partial charge in [-0.3, -0.25) is 13.6 Å². The second-order valence-electron chi connectivity index (χ2n) is 2.02. The minimum absolute atomic E-state index is 0. The molecule has 0 aromatic heterocycles. The van der Waals surface area contributed by atoms with Crippen LogP contribution in [0.15, 0.2) is 0 Å². The summed E-state index contributed by atoms with van der Waals surface area (Å²) in [5, 5.41) is 0. The highest BCUT2D eigenvalue weighted by molar-refractivity contribution is 7.46. The molecule has 0 aliphatic heterocycles. The maximum Gasteiger partial charge on any atom is 0.469 e. The van der Waals surface area contributed by atoms with Crippen molar-refractivity contribution in [2.45, 2.75) is 0 Å². The van der Waals surface area contributed by atoms with Gasteiger partial charge < -0.3 is 29.4 Å². The van der Waals surface area contributed by atoms with Gasteiger partial charge in [0.05, 0.1) is 0 Å². The minimum atomic E-state index is -4.15. The average molecular weight is 404 g/mol. The van der Waals surface area contributed by atoms with E-state index in [1.54, 1.807) is 0 Å². The van der Waals surface area contributed by atoms with E-state index in [1.165, 1.54) is 0 Å². The molecular weight excluding hydrogens is 383 g/mol. The van der Waals surface area contributed by atoms with Gasteiger partial charge in [-0.15, -0.1) is 0 Å². The maximum absolute atomic E-state index is 9.47. The highest BCUT2D eigenvalue weighted by atomic mass is 31.2. The van der Waals surface area contributed by atoms with Crippen LogP contribution in [-0.4, -0.2) is 50.7 Å². The Balaban J connectivity index is -0.0000000536. The third kappa shape index (κ3) is 61.1. The zero-order valence-electron chi connectivity index (χ0n) is 10.9. The monoisotopic (exact) mass is 404 g/mol. The lowest BCUT2D eigenvalue weighted by atomic mass is 11.8. The molecule has 0 heterocycles. The van der Waals surface area contributed by atoms with Crippen molar-refractivity contribution in [3.05, 3.63) is 0 Å². The topological polar surface area (TPSA) is 200 Å². The van der Waals surface area contributed by atoms with Crippen LogP contribution in [0.3, 0.4) is 0 Å². The molecule has 0 amide bonds. The predicted octanol–water partition coefficient (Wildman–Crippen LogP) is -0.707. The van der Waals surface area contributed by atoms with Crippen LogP contribution in [0.4, 0.5) is 0 Å². The molecule has 0 rings (SSSR count). The fourth-order valence-electron chi connectivity index (χ4n) is 0. The quantitative estimate of drug-likeness (QED) is 0.323. The molecule has 6 N–H and O–H groups in total. The lowest BCUT2D eigenvalue weighted by molar-refractivity contribution is 0.233. The lowest BCUT2D eigenvalue weighted by Gasteiger charge is -1.93. The van der Waals surface area contributed by atoms with Gasteiger partial charge in [-0.1, -0.05) is 0 Å². The van der Waals surface area contributed by atoms with E-state index in [1.807, 2.05) is 0 Å². The van der Waals surface area contributed by atoms with Crippen LogP contribution in [0, 0.1) is 0 Å². The van der Waals surface area contributed by atoms with Crippen molar-refractivity contribution >= 4 is 43.3 Å². The van der Waals surface area contributed by atoms with E-state index in [-0.39, 0.29) is 19.8 Å². The number of rotatable bonds is 3. The van der Waals surface area contributed by atoms with Gasteiger partial charge >= 0.3 is 23.5 Å². The van der Waals surface area contributed by atoms with Crippen molar-refractivity contribution in [2.75, 3.05) is 21.3 Å². The first-order valence-electron chi connectivity index (χ1n) is 3.52. The van der Waals surface area contributed by atoms with Gasteiger partial charge in [0.1, 0.15) is 0 Å². The van der Waals surface area contributed by atoms with Crippen LogP contribution >= 0.6 is 43.3 Å². The van der Waals surface area contributed by atoms with Crippen LogP contribution in [0.5, 0.6) is 0 Å². The molecule has 0 aromatic carbocycles. The highest BCUT2D eigenvalue weighted by Gasteiger charge is 2.08. The van der Waals surface area contributed by atoms with Crippen molar-refractivity contribution < 1.29 is 56.6 Å². The van der Waals surface area contributed by atoms with E-state index in [9.17, 15) is 13.7 Å². The largest absolute Gasteiger partial charge is 0.469 e. The molecule has 0 radical (unpaired) electrons. The second-order valence-corrected chi connectivity index (χ2v) is 6.06. The first-order chi connectivity index (χ1) is 7.68. The first-order valence-corrected chi connectivity index (χ1v) is 8.11. The van der Waals surface area contributed by atoms with Crippen molar-refractivity contribution in [2.24, 2.45) is 0 Å². The summed E-state index contributed by atoms with van der Waals surface area (Å²) in [4.78, 5) is 46.3. The van der Waals surface area contributed by atoms with Gasteiger partial charge in [-0.2, -0.15) is 19.8 Å². The predicted molar refractivity (Wildman–Crippen MR) is 79.4 cm³/mol. The Labute approximate surface area is 122 Å². The number of hydrogen-bond donors (Lipinski definition) is 6. The van der Waals surface area contributed by atoms with E-state index in [0.717, 1.165) is 21.3 Å². The van der Waals surface area contributed by atoms with Crippen LogP contribution in [-0.2, 0) is 27.3 Å². The molecule has 0 aromatic rings. The lowest BCUT2D eigenvalue weighted by Crippen LogP contribution is -1.76. The van der Waals surface area contributed by atoms with E-state index < -0.39 is 23.5 Å². The van der Waals surface area contributed by atoms with E-state index in [2.05, 4.69) is 13.6 Å². The van der Waals surface area contributed by atoms with Crippen molar-refractivity contribution in [3.8, 4) is 0 Å². The third-order valence-electron chi connectivity index (χ3n) is 0.714. The molecule has 17 heteroatoms. The Hall–Kier alpha value is 1.19. The Morgan fingerprint density at radius 2 is 0.600 bits per heavy atom. The second kappa shape index (κ2) is 15.1. The summed E-state index contributed by atoms with van der Waals surface area (Å²) in [7, 11) is -9.60. The minimum Gasteiger partial charge on any atom is -0.303 e. The number of phosphoric ester groups is 3. The molecule has 0 saturated carbocycles. The summed E-state index contributed by atoms with van der Waals surface area (Å²) < 4.78 is 39.2. The molecule has 20 heavy (non-hydrogen) atoms. The zero-order valence-corrected chi connectivity index (χ0v) is 16.4. The van der Waals surface area contributed by atoms with E-state index >= 15 is 0 Å². The van der Waals surface area contributed by atoms with Crippen molar-refractivity contribution in [1.29, 1.82) is 0 Å². The Kier molecular flexibility index (Phi) is 24.9. The summed E-state index contributed by atoms with van der Waals surface area (Å²) >= 11 is 0. The maximum atomic E-state index is 9.47. The van der Waals surface area contributed by atoms with Crippen LogP contribution in [0.25, 0.3) is 0 Å². The molecule has 0 aliphatic rings. The summed E-state index contributed by atoms with van der Waals surface area (Å²) in [6, 6.07) is 0. The fourth-order valence-corrected chi connectivity index (χ4v) is 0. The van der Waals surface area contributed by atoms with Crippen LogP contribution in [0.2, 0.25) is 0 Å². The molecule has 0 aliphatic carbocycles. The summed E-state index contributed by atoms with van der Waals surface area (Å²) in [5.41, 5.74) is 0. The van der Waals surface area contributed by atoms with Gasteiger partial charge in [0.2, 0.25) is 0 Å². The highest BCUT2D eigenvalue weighted by Crippen LogP contribution is 2.34. The summed E-state index contributed by atoms with van der Waals surface area (Å²) in [5.74, 6) is 0. The number of hydrogen-bond acceptors (Lipinski definition) is 6. The van der Waals surface area contributed by atoms with Crippen LogP contribution < -0.4 is 0 Å². The third-order valence-corrected chi connectivity index (χ3v) is 2.14. The van der Waals surface area contributed by atoms with E-state index in [0.29, 0.717) is 0 Å². The van der Waals surface area contributed by atoms with Gasteiger partial charge in [0.25, 0.3) is 0 Å². The fraction of sp³-hybridized carbons (Fsp3) is 1.00. The Bertz CT molecular complexity index is 272. The van der Waals surface area contributed by atoms with Crippen LogP contribution in [0.1, 0.15) is 0 Å². The normalized spacial score (nSPS) is 10.7. The molecule has 12 nitrogen and oxygen atoms in total. The molecule has 130 valence electrons.